The molecule has 1 aromatic carbocycles. The fraction of sp³-hybridized carbons (Fsp3) is 0.744. The number of benzene rings is 1. The van der Waals surface area contributed by atoms with E-state index in [0.29, 0.717) is 70.0 Å². The Kier molecular flexibility index (Phi) is 52.0. The average Bonchev–Trinajstić information content (AvgIpc) is 1.32. The summed E-state index contributed by atoms with van der Waals surface area (Å²) in [4.78, 5) is 196. The molecule has 0 spiro atoms. The Morgan fingerprint density at radius 1 is 0.460 bits per heavy atom. The van der Waals surface area contributed by atoms with Crippen LogP contribution in [0.2, 0.25) is 0 Å². The van der Waals surface area contributed by atoms with Gasteiger partial charge in [0, 0.05) is 38.0 Å². The highest BCUT2D eigenvalue weighted by Gasteiger charge is 2.38. The summed E-state index contributed by atoms with van der Waals surface area (Å²) >= 11 is 0. The van der Waals surface area contributed by atoms with Gasteiger partial charge in [0.15, 0.2) is 0 Å². The molecule has 26 N–H and O–H groups in total. The zero-order valence-corrected chi connectivity index (χ0v) is 68.1. The number of hydrogen-bond donors (Lipinski definition) is 21. The Morgan fingerprint density at radius 2 is 0.912 bits per heavy atom. The van der Waals surface area contributed by atoms with Gasteiger partial charge >= 0.3 is 0 Å². The third-order valence-corrected chi connectivity index (χ3v) is 19.3. The van der Waals surface area contributed by atoms with E-state index in [1.54, 1.807) is 19.9 Å². The first-order valence-electron chi connectivity index (χ1n) is 41.1. The van der Waals surface area contributed by atoms with E-state index in [4.69, 9.17) is 28.7 Å². The second kappa shape index (κ2) is 58.4. The van der Waals surface area contributed by atoms with Crippen LogP contribution >= 0.6 is 0 Å². The van der Waals surface area contributed by atoms with Gasteiger partial charge in [0.1, 0.15) is 66.5 Å². The van der Waals surface area contributed by atoms with Crippen LogP contribution < -0.4 is 103 Å². The molecule has 1 fully saturated rings. The monoisotopic (exact) mass is 1600 g/mol. The smallest absolute Gasteiger partial charge is 0.251 e. The molecule has 0 saturated carbocycles. The molecule has 1 aromatic rings. The summed E-state index contributed by atoms with van der Waals surface area (Å²) in [6.07, 6.45) is 9.80. The molecule has 2 rings (SSSR count). The summed E-state index contributed by atoms with van der Waals surface area (Å²) in [6.45, 7) is 11.6. The highest BCUT2D eigenvalue weighted by molar-refractivity contribution is 6.00. The lowest BCUT2D eigenvalue weighted by atomic mass is 10.00. The van der Waals surface area contributed by atoms with Crippen LogP contribution in [-0.2, 0) is 62.3 Å². The molecular weight excluding hydrogens is 1460 g/mol. The fourth-order valence-corrected chi connectivity index (χ4v) is 12.7. The minimum Gasteiger partial charge on any atom is -0.391 e. The second-order valence-electron chi connectivity index (χ2n) is 29.9. The predicted molar refractivity (Wildman–Crippen MR) is 429 cm³/mol. The Balaban J connectivity index is 2.45. The first-order chi connectivity index (χ1) is 54.0. The Hall–Kier alpha value is -8.48. The number of aliphatic hydroxyl groups excluding tert-OH is 2. The van der Waals surface area contributed by atoms with Gasteiger partial charge < -0.3 is 113 Å². The zero-order chi connectivity index (χ0) is 84.2. The van der Waals surface area contributed by atoms with Crippen LogP contribution in [-0.4, -0.2) is 224 Å². The topological polar surface area (TPSA) is 578 Å². The van der Waals surface area contributed by atoms with Gasteiger partial charge in [0.25, 0.3) is 5.91 Å². The molecule has 35 heteroatoms. The van der Waals surface area contributed by atoms with Crippen LogP contribution in [0.25, 0.3) is 0 Å². The maximum absolute atomic E-state index is 14.8. The zero-order valence-electron chi connectivity index (χ0n) is 68.1. The lowest BCUT2D eigenvalue weighted by molar-refractivity contribution is -0.137. The summed E-state index contributed by atoms with van der Waals surface area (Å²) in [7, 11) is 0. The molecule has 0 radical (unpaired) electrons. The molecule has 113 heavy (non-hydrogen) atoms. The summed E-state index contributed by atoms with van der Waals surface area (Å²) in [6, 6.07) is -8.91. The van der Waals surface area contributed by atoms with Crippen molar-refractivity contribution in [3.8, 4) is 0 Å². The minimum atomic E-state index is -1.82. The molecule has 0 bridgehead atoms. The summed E-state index contributed by atoms with van der Waals surface area (Å²) in [5.41, 5.74) is 31.4. The van der Waals surface area contributed by atoms with Gasteiger partial charge in [-0.25, -0.2) is 0 Å². The number of carbonyl (C=O) groups is 14. The fourth-order valence-electron chi connectivity index (χ4n) is 12.7. The molecule has 1 heterocycles. The van der Waals surface area contributed by atoms with Crippen molar-refractivity contribution in [1.82, 2.24) is 74.4 Å². The lowest BCUT2D eigenvalue weighted by Crippen LogP contribution is -2.62. The largest absolute Gasteiger partial charge is 0.391 e. The van der Waals surface area contributed by atoms with Crippen molar-refractivity contribution >= 4 is 82.7 Å². The number of nitrogens with two attached hydrogens (primary N) is 5. The van der Waals surface area contributed by atoms with E-state index in [1.807, 2.05) is 25.1 Å². The van der Waals surface area contributed by atoms with Gasteiger partial charge in [-0.05, 0) is 155 Å². The standard InChI is InChI=1S/C78H139N19O16/c1-8-10-12-14-16-20-29-54(87-64(101)32-23-19-24-44-84-63(100)31-22-18-25-45-85-67(102)53-28-26-27-50(5)48-53)68(103)90-60(37-43-83)75(110)97-66(52(7)99)78(113)94-58(35-41-81)72(107)93-61-38-46-86-77(112)65(51(6)98)96-74(109)59(36-42-82)91-71(106)57(34-40-80)92-76(111)62(47-49(3)4)95-69(104)55(30-21-17-15-13-11-9-2)88-70(105)56(33-39-79)89-73(61)108/h26-28,48-49,51-52,54-62,65-66,98-99H,8-25,29-47,79-83H2,1-7H3,(H,84,100)(H,85,102)(H,86,112)(H,87,101)(H,88,105)(H,89,108)(H,90,103)(H,91,106)(H,92,111)(H,93,107)(H,94,113)(H,95,104)(H,96,109)(H,97,110)/t51-,52-,54+,55-,56+,57+,58+,59+,60+,61+,62+,65+,66+/m1/s1. The Labute approximate surface area is 667 Å². The number of unbranched alkanes of at least 4 members (excludes halogenated alkanes) is 14. The van der Waals surface area contributed by atoms with Crippen molar-refractivity contribution in [1.29, 1.82) is 0 Å². The quantitative estimate of drug-likeness (QED) is 0.0343. The molecule has 0 unspecified atom stereocenters. The lowest BCUT2D eigenvalue weighted by Gasteiger charge is -2.29. The van der Waals surface area contributed by atoms with E-state index in [-0.39, 0.29) is 108 Å². The molecular formula is C78H139N19O16. The number of carbonyl (C=O) groups excluding carboxylic acids is 14. The highest BCUT2D eigenvalue weighted by atomic mass is 16.3. The molecule has 0 aromatic heterocycles. The molecule has 642 valence electrons. The van der Waals surface area contributed by atoms with Crippen molar-refractivity contribution in [3.63, 3.8) is 0 Å². The normalized spacial score (nSPS) is 20.0. The number of aliphatic hydroxyl groups is 2. The van der Waals surface area contributed by atoms with Gasteiger partial charge in [-0.2, -0.15) is 0 Å². The molecule has 1 aliphatic heterocycles. The third-order valence-electron chi connectivity index (χ3n) is 19.3. The molecule has 1 saturated heterocycles. The predicted octanol–water partition coefficient (Wildman–Crippen LogP) is -1.13. The van der Waals surface area contributed by atoms with Gasteiger partial charge in [-0.3, -0.25) is 67.1 Å². The Morgan fingerprint density at radius 3 is 1.43 bits per heavy atom. The number of nitrogens with one attached hydrogen (secondary N) is 14. The molecule has 13 atom stereocenters. The van der Waals surface area contributed by atoms with E-state index in [9.17, 15) is 77.3 Å². The molecule has 1 aliphatic rings. The van der Waals surface area contributed by atoms with Gasteiger partial charge in [-0.15, -0.1) is 0 Å². The van der Waals surface area contributed by atoms with E-state index < -0.39 is 163 Å². The Bertz CT molecular complexity index is 3090. The molecule has 35 nitrogen and oxygen atoms in total. The summed E-state index contributed by atoms with van der Waals surface area (Å²) in [5, 5.41) is 59.1. The van der Waals surface area contributed by atoms with Crippen LogP contribution in [0, 0.1) is 12.8 Å². The number of amides is 14. The van der Waals surface area contributed by atoms with E-state index >= 15 is 0 Å². The number of hydrogen-bond acceptors (Lipinski definition) is 21. The number of rotatable bonds is 50. The van der Waals surface area contributed by atoms with Crippen molar-refractivity contribution in [2.24, 2.45) is 34.6 Å². The summed E-state index contributed by atoms with van der Waals surface area (Å²) in [5.74, 6) is -11.0. The van der Waals surface area contributed by atoms with Gasteiger partial charge in [0.05, 0.1) is 12.2 Å². The van der Waals surface area contributed by atoms with Crippen LogP contribution in [0.1, 0.15) is 244 Å². The van der Waals surface area contributed by atoms with Gasteiger partial charge in [0.2, 0.25) is 76.8 Å². The number of aryl methyl sites for hydroxylation is 1. The maximum atomic E-state index is 14.8. The van der Waals surface area contributed by atoms with Crippen molar-refractivity contribution < 1.29 is 77.3 Å². The van der Waals surface area contributed by atoms with E-state index in [2.05, 4.69) is 88.3 Å². The maximum Gasteiger partial charge on any atom is 0.251 e. The molecule has 0 aliphatic carbocycles. The van der Waals surface area contributed by atoms with Crippen molar-refractivity contribution in [2.75, 3.05) is 52.4 Å². The van der Waals surface area contributed by atoms with Crippen LogP contribution in [0.5, 0.6) is 0 Å². The minimum absolute atomic E-state index is 0.0572. The van der Waals surface area contributed by atoms with Crippen LogP contribution in [0.4, 0.5) is 0 Å². The average molecular weight is 1600 g/mol. The summed E-state index contributed by atoms with van der Waals surface area (Å²) < 4.78 is 0. The van der Waals surface area contributed by atoms with Crippen LogP contribution in [0.3, 0.4) is 0 Å². The highest BCUT2D eigenvalue weighted by Crippen LogP contribution is 2.16. The van der Waals surface area contributed by atoms with Gasteiger partial charge in [-0.1, -0.05) is 135 Å². The first-order valence-corrected chi connectivity index (χ1v) is 41.1. The molecule has 14 amide bonds. The SMILES string of the molecule is CCCCCCCC[C@H](NC(=O)CCCCCNC(=O)CCCCCNC(=O)c1cccc(C)c1)C(=O)N[C@@H](CCN)C(=O)N[C@H](C(=O)N[C@@H](CCN)C(=O)N[C@H]1CCNC(=O)[C@H]([C@@H](C)O)NC(=O)[C@H](CCN)NC(=O)[C@H](CCN)NC(=O)[C@H](CC(C)C)NC(=O)[C@@H](CCCCCCCC)NC(=O)[C@H](CCN)NC1=O)[C@@H](C)O. The first kappa shape index (κ1) is 101. The van der Waals surface area contributed by atoms with E-state index in [1.165, 1.54) is 13.8 Å². The van der Waals surface area contributed by atoms with Crippen molar-refractivity contribution in [2.45, 2.75) is 313 Å². The second-order valence-corrected chi connectivity index (χ2v) is 29.9. The van der Waals surface area contributed by atoms with Crippen molar-refractivity contribution in [3.05, 3.63) is 35.4 Å². The van der Waals surface area contributed by atoms with Crippen LogP contribution in [0.15, 0.2) is 24.3 Å². The third kappa shape index (κ3) is 41.4. The van der Waals surface area contributed by atoms with E-state index in [0.717, 1.165) is 76.2 Å².